The largest absolute Gasteiger partial charge is 0.366 e. The number of anilines is 2. The van der Waals surface area contributed by atoms with Gasteiger partial charge in [0.05, 0.1) is 15.1 Å². The molecule has 0 N–H and O–H groups in total. The molecule has 0 bridgehead atoms. The second kappa shape index (κ2) is 11.5. The van der Waals surface area contributed by atoms with Crippen molar-refractivity contribution in [1.82, 2.24) is 9.88 Å². The number of rotatable bonds is 7. The molecule has 35 heavy (non-hydrogen) atoms. The van der Waals surface area contributed by atoms with E-state index in [4.69, 9.17) is 16.6 Å². The van der Waals surface area contributed by atoms with Crippen LogP contribution in [0.25, 0.3) is 10.2 Å². The SMILES string of the molecule is Cc1cc(Cl)cc2sc(N(CCN(C)C)C(=O)c3ccc(N4CCCCC4)c([N+](=O)[O-])c3)nc12.Cl. The van der Waals surface area contributed by atoms with E-state index in [2.05, 4.69) is 0 Å². The van der Waals surface area contributed by atoms with Crippen LogP contribution in [0.3, 0.4) is 0 Å². The van der Waals surface area contributed by atoms with Crippen molar-refractivity contribution >= 4 is 68.0 Å². The number of nitro benzene ring substituents is 1. The van der Waals surface area contributed by atoms with Gasteiger partial charge in [0.1, 0.15) is 5.69 Å². The van der Waals surface area contributed by atoms with Crippen LogP contribution in [0.15, 0.2) is 30.3 Å². The molecule has 1 saturated heterocycles. The third-order valence-electron chi connectivity index (χ3n) is 6.00. The first-order valence-corrected chi connectivity index (χ1v) is 12.5. The molecule has 0 saturated carbocycles. The third kappa shape index (κ3) is 6.03. The van der Waals surface area contributed by atoms with Crippen LogP contribution in [0.4, 0.5) is 16.5 Å². The van der Waals surface area contributed by atoms with Gasteiger partial charge in [-0.25, -0.2) is 4.98 Å². The Bertz CT molecular complexity index is 1230. The molecule has 0 radical (unpaired) electrons. The number of amides is 1. The number of halogens is 2. The van der Waals surface area contributed by atoms with Gasteiger partial charge >= 0.3 is 0 Å². The highest BCUT2D eigenvalue weighted by atomic mass is 35.5. The highest BCUT2D eigenvalue weighted by Crippen LogP contribution is 2.35. The number of fused-ring (bicyclic) bond motifs is 1. The Hall–Kier alpha value is -2.46. The molecular weight excluding hydrogens is 509 g/mol. The topological polar surface area (TPSA) is 82.8 Å². The van der Waals surface area contributed by atoms with Crippen molar-refractivity contribution in [1.29, 1.82) is 0 Å². The summed E-state index contributed by atoms with van der Waals surface area (Å²) in [6.45, 7) is 4.54. The molecule has 188 valence electrons. The maximum atomic E-state index is 13.7. The van der Waals surface area contributed by atoms with Crippen molar-refractivity contribution in [3.63, 3.8) is 0 Å². The van der Waals surface area contributed by atoms with Gasteiger partial charge in [0.15, 0.2) is 5.13 Å². The van der Waals surface area contributed by atoms with Crippen molar-refractivity contribution in [3.8, 4) is 0 Å². The Morgan fingerprint density at radius 2 is 1.89 bits per heavy atom. The number of thiazole rings is 1. The average Bonchev–Trinajstić information content (AvgIpc) is 3.23. The monoisotopic (exact) mass is 537 g/mol. The molecule has 0 atom stereocenters. The van der Waals surface area contributed by atoms with Crippen LogP contribution in [0, 0.1) is 17.0 Å². The molecule has 3 aromatic rings. The van der Waals surface area contributed by atoms with Crippen LogP contribution < -0.4 is 9.80 Å². The van der Waals surface area contributed by atoms with Gasteiger partial charge in [0.2, 0.25) is 0 Å². The van der Waals surface area contributed by atoms with Gasteiger partial charge in [-0.05, 0) is 70.1 Å². The van der Waals surface area contributed by atoms with E-state index in [0.717, 1.165) is 48.1 Å². The van der Waals surface area contributed by atoms with Crippen molar-refractivity contribution in [2.45, 2.75) is 26.2 Å². The van der Waals surface area contributed by atoms with Crippen LogP contribution >= 0.6 is 35.3 Å². The predicted molar refractivity (Wildman–Crippen MR) is 146 cm³/mol. The molecule has 0 spiro atoms. The highest BCUT2D eigenvalue weighted by Gasteiger charge is 2.27. The fraction of sp³-hybridized carbons (Fsp3) is 0.417. The number of nitro groups is 1. The Labute approximate surface area is 220 Å². The minimum Gasteiger partial charge on any atom is -0.366 e. The molecule has 1 fully saturated rings. The van der Waals surface area contributed by atoms with Crippen LogP contribution in [0.1, 0.15) is 35.2 Å². The van der Waals surface area contributed by atoms with Crippen molar-refractivity contribution < 1.29 is 9.72 Å². The number of nitrogens with zero attached hydrogens (tertiary/aromatic N) is 5. The van der Waals surface area contributed by atoms with Gasteiger partial charge in [0.25, 0.3) is 11.6 Å². The Kier molecular flexibility index (Phi) is 8.93. The molecule has 1 aromatic heterocycles. The fourth-order valence-corrected chi connectivity index (χ4v) is 5.65. The first-order valence-electron chi connectivity index (χ1n) is 11.3. The van der Waals surface area contributed by atoms with Gasteiger partial charge < -0.3 is 9.80 Å². The van der Waals surface area contributed by atoms with Crippen molar-refractivity contribution in [2.75, 3.05) is 50.1 Å². The van der Waals surface area contributed by atoms with Gasteiger partial charge in [-0.3, -0.25) is 19.8 Å². The van der Waals surface area contributed by atoms with Crippen molar-refractivity contribution in [3.05, 3.63) is 56.6 Å². The zero-order chi connectivity index (χ0) is 24.4. The second-order valence-electron chi connectivity index (χ2n) is 8.83. The van der Waals surface area contributed by atoms with Crippen LogP contribution in [-0.4, -0.2) is 61.0 Å². The number of benzene rings is 2. The van der Waals surface area contributed by atoms with E-state index in [1.807, 2.05) is 43.0 Å². The van der Waals surface area contributed by atoms with E-state index >= 15 is 0 Å². The number of likely N-dealkylation sites (N-methyl/N-ethyl adjacent to an activating group) is 1. The number of hydrogen-bond donors (Lipinski definition) is 0. The van der Waals surface area contributed by atoms with E-state index < -0.39 is 4.92 Å². The summed E-state index contributed by atoms with van der Waals surface area (Å²) in [6, 6.07) is 8.50. The molecule has 2 aromatic carbocycles. The Balaban J connectivity index is 0.00000342. The lowest BCUT2D eigenvalue weighted by Crippen LogP contribution is -2.37. The minimum absolute atomic E-state index is 0. The standard InChI is InChI=1S/C24H28ClN5O3S.ClH/c1-16-13-18(25)15-21-22(16)26-24(34-21)29(12-11-27(2)3)23(31)17-7-8-19(20(14-17)30(32)33)28-9-5-4-6-10-28;/h7-8,13-15H,4-6,9-12H2,1-3H3;1H. The van der Waals surface area contributed by atoms with Gasteiger partial charge in [-0.2, -0.15) is 0 Å². The summed E-state index contributed by atoms with van der Waals surface area (Å²) in [5, 5.41) is 13.1. The summed E-state index contributed by atoms with van der Waals surface area (Å²) in [7, 11) is 3.87. The molecule has 1 amide bonds. The molecule has 1 aliphatic heterocycles. The number of hydrogen-bond acceptors (Lipinski definition) is 7. The molecule has 1 aliphatic rings. The van der Waals surface area contributed by atoms with Gasteiger partial charge in [-0.15, -0.1) is 12.4 Å². The molecular formula is C24H29Cl2N5O3S. The average molecular weight is 539 g/mol. The molecule has 4 rings (SSSR count). The van der Waals surface area contributed by atoms with E-state index in [0.29, 0.717) is 28.9 Å². The van der Waals surface area contributed by atoms with Gasteiger partial charge in [-0.1, -0.05) is 22.9 Å². The lowest BCUT2D eigenvalue weighted by atomic mass is 10.1. The number of aromatic nitrogens is 1. The third-order valence-corrected chi connectivity index (χ3v) is 7.25. The van der Waals surface area contributed by atoms with Crippen LogP contribution in [-0.2, 0) is 0 Å². The lowest BCUT2D eigenvalue weighted by Gasteiger charge is -2.28. The molecule has 0 unspecified atom stereocenters. The smallest absolute Gasteiger partial charge is 0.293 e. The molecule has 0 aliphatic carbocycles. The summed E-state index contributed by atoms with van der Waals surface area (Å²) < 4.78 is 0.897. The summed E-state index contributed by atoms with van der Waals surface area (Å²) in [4.78, 5) is 35.5. The second-order valence-corrected chi connectivity index (χ2v) is 10.3. The molecule has 2 heterocycles. The number of aryl methyl sites for hydroxylation is 1. The highest BCUT2D eigenvalue weighted by molar-refractivity contribution is 7.22. The zero-order valence-corrected chi connectivity index (χ0v) is 22.4. The van der Waals surface area contributed by atoms with Crippen molar-refractivity contribution in [2.24, 2.45) is 0 Å². The van der Waals surface area contributed by atoms with E-state index in [9.17, 15) is 14.9 Å². The molecule has 8 nitrogen and oxygen atoms in total. The maximum absolute atomic E-state index is 13.7. The maximum Gasteiger partial charge on any atom is 0.293 e. The quantitative estimate of drug-likeness (QED) is 0.280. The number of piperidine rings is 1. The van der Waals surface area contributed by atoms with Crippen LogP contribution in [0.5, 0.6) is 0 Å². The van der Waals surface area contributed by atoms with E-state index in [1.54, 1.807) is 17.0 Å². The zero-order valence-electron chi connectivity index (χ0n) is 20.0. The summed E-state index contributed by atoms with van der Waals surface area (Å²) in [5.41, 5.74) is 2.56. The fourth-order valence-electron chi connectivity index (χ4n) is 4.20. The van der Waals surface area contributed by atoms with E-state index in [-0.39, 0.29) is 29.6 Å². The minimum atomic E-state index is -0.395. The molecule has 11 heteroatoms. The number of carbonyl (C=O) groups excluding carboxylic acids is 1. The Morgan fingerprint density at radius 3 is 2.54 bits per heavy atom. The number of carbonyl (C=O) groups is 1. The predicted octanol–water partition coefficient (Wildman–Crippen LogP) is 5.79. The van der Waals surface area contributed by atoms with E-state index in [1.165, 1.54) is 17.4 Å². The lowest BCUT2D eigenvalue weighted by molar-refractivity contribution is -0.384. The summed E-state index contributed by atoms with van der Waals surface area (Å²) in [6.07, 6.45) is 3.16. The first kappa shape index (κ1) is 27.1. The summed E-state index contributed by atoms with van der Waals surface area (Å²) in [5.74, 6) is -0.307. The van der Waals surface area contributed by atoms with Gasteiger partial charge in [0, 0.05) is 42.8 Å². The van der Waals surface area contributed by atoms with Crippen LogP contribution in [0.2, 0.25) is 5.02 Å². The summed E-state index contributed by atoms with van der Waals surface area (Å²) >= 11 is 7.62. The first-order chi connectivity index (χ1) is 16.2. The Morgan fingerprint density at radius 1 is 1.17 bits per heavy atom. The normalized spacial score (nSPS) is 13.7.